The molecule has 0 aromatic heterocycles. The molecule has 1 fully saturated rings. The summed E-state index contributed by atoms with van der Waals surface area (Å²) in [7, 11) is 0. The molecule has 14 heavy (non-hydrogen) atoms. The molecule has 3 heteroatoms. The molecule has 1 N–H and O–H groups in total. The van der Waals surface area contributed by atoms with Crippen molar-refractivity contribution in [1.82, 2.24) is 5.32 Å². The van der Waals surface area contributed by atoms with Crippen LogP contribution in [-0.2, 0) is 4.74 Å². The molecule has 1 aliphatic heterocycles. The van der Waals surface area contributed by atoms with Crippen LogP contribution < -0.4 is 5.32 Å². The first-order valence-corrected chi connectivity index (χ1v) is 5.14. The van der Waals surface area contributed by atoms with Crippen LogP contribution in [0.25, 0.3) is 0 Å². The van der Waals surface area contributed by atoms with Crippen molar-refractivity contribution in [2.75, 3.05) is 13.2 Å². The number of rotatable bonds is 1. The smallest absolute Gasteiger partial charge is 0.119 e. The summed E-state index contributed by atoms with van der Waals surface area (Å²) in [6.07, 6.45) is 6.08. The Bertz CT molecular complexity index is 254. The predicted octanol–water partition coefficient (Wildman–Crippen LogP) is 1.79. The van der Waals surface area contributed by atoms with Crippen molar-refractivity contribution in [2.45, 2.75) is 25.5 Å². The molecule has 78 valence electrons. The highest BCUT2D eigenvalue weighted by Crippen LogP contribution is 2.23. The van der Waals surface area contributed by atoms with Gasteiger partial charge in [0.2, 0.25) is 0 Å². The summed E-state index contributed by atoms with van der Waals surface area (Å²) < 4.78 is 18.6. The van der Waals surface area contributed by atoms with E-state index >= 15 is 0 Å². The molecule has 1 aliphatic carbocycles. The monoisotopic (exact) mass is 197 g/mol. The molecule has 2 aliphatic rings. The topological polar surface area (TPSA) is 21.3 Å². The molecule has 1 heterocycles. The first kappa shape index (κ1) is 9.87. The summed E-state index contributed by atoms with van der Waals surface area (Å²) in [4.78, 5) is 0. The molecule has 1 saturated heterocycles. The molecule has 0 radical (unpaired) electrons. The molecule has 0 aromatic carbocycles. The van der Waals surface area contributed by atoms with Crippen molar-refractivity contribution in [3.63, 3.8) is 0 Å². The van der Waals surface area contributed by atoms with Gasteiger partial charge in [0, 0.05) is 18.5 Å². The van der Waals surface area contributed by atoms with Crippen LogP contribution in [0.15, 0.2) is 24.1 Å². The summed E-state index contributed by atoms with van der Waals surface area (Å²) in [5.74, 6) is 0.0588. The molecular weight excluding hydrogens is 181 g/mol. The fourth-order valence-corrected chi connectivity index (χ4v) is 1.90. The first-order valence-electron chi connectivity index (χ1n) is 5.14. The van der Waals surface area contributed by atoms with E-state index in [9.17, 15) is 4.39 Å². The number of halogens is 1. The first-order chi connectivity index (χ1) is 6.75. The number of morpholine rings is 1. The largest absolute Gasteiger partial charge is 0.375 e. The van der Waals surface area contributed by atoms with Gasteiger partial charge in [0.1, 0.15) is 5.83 Å². The van der Waals surface area contributed by atoms with Gasteiger partial charge in [-0.3, -0.25) is 0 Å². The summed E-state index contributed by atoms with van der Waals surface area (Å²) in [5.41, 5.74) is 0. The Morgan fingerprint density at radius 3 is 3.07 bits per heavy atom. The van der Waals surface area contributed by atoms with Crippen LogP contribution >= 0.6 is 0 Å². The Labute approximate surface area is 83.8 Å². The maximum absolute atomic E-state index is 13.0. The average Bonchev–Trinajstić information content (AvgIpc) is 2.19. The normalized spacial score (nSPS) is 38.1. The zero-order chi connectivity index (χ0) is 9.97. The molecule has 3 atom stereocenters. The van der Waals surface area contributed by atoms with Gasteiger partial charge in [-0.2, -0.15) is 0 Å². The molecule has 0 saturated carbocycles. The third-order valence-corrected chi connectivity index (χ3v) is 2.76. The molecule has 0 bridgehead atoms. The van der Waals surface area contributed by atoms with Crippen LogP contribution in [0.3, 0.4) is 0 Å². The fourth-order valence-electron chi connectivity index (χ4n) is 1.90. The third kappa shape index (κ3) is 2.22. The van der Waals surface area contributed by atoms with Gasteiger partial charge in [-0.05, 0) is 25.5 Å². The summed E-state index contributed by atoms with van der Waals surface area (Å²) in [6, 6.07) is 0.416. The van der Waals surface area contributed by atoms with Gasteiger partial charge in [0.05, 0.1) is 12.7 Å². The van der Waals surface area contributed by atoms with Crippen molar-refractivity contribution in [2.24, 2.45) is 5.92 Å². The highest BCUT2D eigenvalue weighted by molar-refractivity contribution is 5.18. The van der Waals surface area contributed by atoms with Gasteiger partial charge >= 0.3 is 0 Å². The van der Waals surface area contributed by atoms with E-state index in [1.54, 1.807) is 6.08 Å². The van der Waals surface area contributed by atoms with Crippen molar-refractivity contribution < 1.29 is 9.13 Å². The number of ether oxygens (including phenoxy) is 1. The molecule has 0 spiro atoms. The van der Waals surface area contributed by atoms with Gasteiger partial charge in [0.25, 0.3) is 0 Å². The number of hydrogen-bond acceptors (Lipinski definition) is 2. The summed E-state index contributed by atoms with van der Waals surface area (Å²) in [5, 5.41) is 3.34. The quantitative estimate of drug-likeness (QED) is 0.692. The van der Waals surface area contributed by atoms with Crippen LogP contribution in [0.2, 0.25) is 0 Å². The zero-order valence-electron chi connectivity index (χ0n) is 8.37. The molecule has 0 amide bonds. The van der Waals surface area contributed by atoms with E-state index in [1.165, 1.54) is 6.08 Å². The molecule has 0 aromatic rings. The Morgan fingerprint density at radius 1 is 1.57 bits per heavy atom. The van der Waals surface area contributed by atoms with E-state index in [0.29, 0.717) is 6.04 Å². The SMILES string of the molecule is C[C@@H]1CO[C@@H](C2C=C(F)C=CC2)CN1. The Kier molecular flexibility index (Phi) is 2.99. The number of hydrogen-bond donors (Lipinski definition) is 1. The standard InChI is InChI=1S/C11H16FNO/c1-8-7-14-11(6-13-8)9-3-2-4-10(12)5-9/h2,4-5,8-9,11,13H,3,6-7H2,1H3/t8-,9?,11-/m1/s1. The van der Waals surface area contributed by atoms with Gasteiger partial charge in [-0.1, -0.05) is 6.08 Å². The minimum Gasteiger partial charge on any atom is -0.375 e. The molecular formula is C11H16FNO. The molecule has 2 rings (SSSR count). The maximum atomic E-state index is 13.0. The van der Waals surface area contributed by atoms with Crippen molar-refractivity contribution >= 4 is 0 Å². The minimum atomic E-state index is -0.136. The van der Waals surface area contributed by atoms with Crippen molar-refractivity contribution in [3.05, 3.63) is 24.1 Å². The average molecular weight is 197 g/mol. The Balaban J connectivity index is 1.93. The van der Waals surface area contributed by atoms with Crippen LogP contribution in [0, 0.1) is 5.92 Å². The third-order valence-electron chi connectivity index (χ3n) is 2.76. The van der Waals surface area contributed by atoms with Crippen molar-refractivity contribution in [3.8, 4) is 0 Å². The van der Waals surface area contributed by atoms with Crippen LogP contribution in [0.5, 0.6) is 0 Å². The maximum Gasteiger partial charge on any atom is 0.119 e. The van der Waals surface area contributed by atoms with Gasteiger partial charge < -0.3 is 10.1 Å². The minimum absolute atomic E-state index is 0.127. The zero-order valence-corrected chi connectivity index (χ0v) is 8.37. The van der Waals surface area contributed by atoms with E-state index in [1.807, 2.05) is 6.08 Å². The fraction of sp³-hybridized carbons (Fsp3) is 0.636. The predicted molar refractivity (Wildman–Crippen MR) is 53.6 cm³/mol. The van der Waals surface area contributed by atoms with E-state index < -0.39 is 0 Å². The number of nitrogens with one attached hydrogen (secondary N) is 1. The lowest BCUT2D eigenvalue weighted by Gasteiger charge is -2.32. The van der Waals surface area contributed by atoms with Crippen LogP contribution in [0.4, 0.5) is 4.39 Å². The molecule has 1 unspecified atom stereocenters. The lowest BCUT2D eigenvalue weighted by atomic mass is 9.93. The molecule has 2 nitrogen and oxygen atoms in total. The van der Waals surface area contributed by atoms with Gasteiger partial charge in [-0.25, -0.2) is 4.39 Å². The van der Waals surface area contributed by atoms with E-state index in [4.69, 9.17) is 4.74 Å². The van der Waals surface area contributed by atoms with E-state index in [2.05, 4.69) is 12.2 Å². The lowest BCUT2D eigenvalue weighted by Crippen LogP contribution is -2.47. The lowest BCUT2D eigenvalue weighted by molar-refractivity contribution is -0.0149. The summed E-state index contributed by atoms with van der Waals surface area (Å²) in [6.45, 7) is 3.64. The summed E-state index contributed by atoms with van der Waals surface area (Å²) >= 11 is 0. The Morgan fingerprint density at radius 2 is 2.43 bits per heavy atom. The van der Waals surface area contributed by atoms with Crippen molar-refractivity contribution in [1.29, 1.82) is 0 Å². The van der Waals surface area contributed by atoms with Crippen LogP contribution in [0.1, 0.15) is 13.3 Å². The Hall–Kier alpha value is -0.670. The highest BCUT2D eigenvalue weighted by atomic mass is 19.1. The van der Waals surface area contributed by atoms with Gasteiger partial charge in [-0.15, -0.1) is 0 Å². The van der Waals surface area contributed by atoms with Gasteiger partial charge in [0.15, 0.2) is 0 Å². The second-order valence-electron chi connectivity index (χ2n) is 4.03. The number of allylic oxidation sites excluding steroid dienone is 3. The second-order valence-corrected chi connectivity index (χ2v) is 4.03. The second kappa shape index (κ2) is 4.24. The van der Waals surface area contributed by atoms with Crippen LogP contribution in [-0.4, -0.2) is 25.3 Å². The van der Waals surface area contributed by atoms with E-state index in [-0.39, 0.29) is 17.8 Å². The van der Waals surface area contributed by atoms with E-state index in [0.717, 1.165) is 19.6 Å². The highest BCUT2D eigenvalue weighted by Gasteiger charge is 2.25.